The Balaban J connectivity index is 1.74. The monoisotopic (exact) mass is 385 g/mol. The van der Waals surface area contributed by atoms with Gasteiger partial charge in [0, 0.05) is 36.3 Å². The summed E-state index contributed by atoms with van der Waals surface area (Å²) in [5.74, 6) is -0.256. The minimum atomic E-state index is -0.143. The van der Waals surface area contributed by atoms with E-state index in [1.54, 1.807) is 23.8 Å². The Kier molecular flexibility index (Phi) is 4.78. The number of aromatic nitrogens is 3. The van der Waals surface area contributed by atoms with E-state index < -0.39 is 0 Å². The maximum Gasteiger partial charge on any atom is 0.251 e. The smallest absolute Gasteiger partial charge is 0.251 e. The molecule has 2 aromatic heterocycles. The molecule has 2 N–H and O–H groups in total. The average Bonchev–Trinajstić information content (AvgIpc) is 3.16. The number of hydrogen-bond donors (Lipinski definition) is 2. The first-order chi connectivity index (χ1) is 14.0. The number of carbonyl (C=O) groups is 2. The van der Waals surface area contributed by atoms with E-state index in [4.69, 9.17) is 5.10 Å². The average molecular weight is 385 g/mol. The first kappa shape index (κ1) is 18.4. The standard InChI is InChI=1S/C22H19N5O2/c1-14(28)25-18-8-6-15(7-9-18)20-13-24-21-11-10-19(26-27(20)21)16-4-3-5-17(12-16)22(29)23-2/h3-13H,1-2H3,(H,23,29)(H,25,28). The van der Waals surface area contributed by atoms with Crippen LogP contribution in [0.3, 0.4) is 0 Å². The number of hydrogen-bond acceptors (Lipinski definition) is 4. The molecule has 4 aromatic rings. The van der Waals surface area contributed by atoms with Crippen molar-refractivity contribution in [3.63, 3.8) is 0 Å². The molecule has 0 spiro atoms. The predicted octanol–water partition coefficient (Wildman–Crippen LogP) is 3.38. The second-order valence-corrected chi connectivity index (χ2v) is 6.55. The van der Waals surface area contributed by atoms with Gasteiger partial charge in [-0.2, -0.15) is 5.10 Å². The molecule has 0 unspecified atom stereocenters. The lowest BCUT2D eigenvalue weighted by atomic mass is 10.1. The fourth-order valence-electron chi connectivity index (χ4n) is 3.12. The van der Waals surface area contributed by atoms with E-state index in [1.165, 1.54) is 6.92 Å². The van der Waals surface area contributed by atoms with E-state index >= 15 is 0 Å². The normalized spacial score (nSPS) is 10.7. The maximum absolute atomic E-state index is 11.9. The molecule has 0 aliphatic carbocycles. The highest BCUT2D eigenvalue weighted by Crippen LogP contribution is 2.24. The highest BCUT2D eigenvalue weighted by atomic mass is 16.2. The van der Waals surface area contributed by atoms with Gasteiger partial charge >= 0.3 is 0 Å². The minimum absolute atomic E-state index is 0.113. The van der Waals surface area contributed by atoms with Crippen molar-refractivity contribution in [3.8, 4) is 22.5 Å². The van der Waals surface area contributed by atoms with Crippen LogP contribution in [-0.4, -0.2) is 33.5 Å². The Labute approximate surface area is 167 Å². The Hall–Kier alpha value is -4.00. The molecule has 0 aliphatic heterocycles. The van der Waals surface area contributed by atoms with Gasteiger partial charge in [0.15, 0.2) is 5.65 Å². The Morgan fingerprint density at radius 2 is 1.76 bits per heavy atom. The van der Waals surface area contributed by atoms with Crippen LogP contribution in [-0.2, 0) is 4.79 Å². The van der Waals surface area contributed by atoms with Crippen molar-refractivity contribution in [3.05, 3.63) is 72.4 Å². The molecule has 2 amide bonds. The molecule has 0 fully saturated rings. The second-order valence-electron chi connectivity index (χ2n) is 6.55. The van der Waals surface area contributed by atoms with Crippen LogP contribution in [0.1, 0.15) is 17.3 Å². The van der Waals surface area contributed by atoms with E-state index in [2.05, 4.69) is 15.6 Å². The number of nitrogens with one attached hydrogen (secondary N) is 2. The molecule has 0 aliphatic rings. The number of benzene rings is 2. The molecule has 2 aromatic carbocycles. The number of rotatable bonds is 4. The van der Waals surface area contributed by atoms with E-state index in [-0.39, 0.29) is 11.8 Å². The van der Waals surface area contributed by atoms with Crippen molar-refractivity contribution in [2.75, 3.05) is 12.4 Å². The van der Waals surface area contributed by atoms with E-state index in [0.717, 1.165) is 33.8 Å². The molecule has 2 heterocycles. The first-order valence-corrected chi connectivity index (χ1v) is 9.10. The summed E-state index contributed by atoms with van der Waals surface area (Å²) in [4.78, 5) is 27.6. The Morgan fingerprint density at radius 1 is 0.966 bits per heavy atom. The molecule has 4 rings (SSSR count). The second kappa shape index (κ2) is 7.55. The van der Waals surface area contributed by atoms with Gasteiger partial charge in [0.05, 0.1) is 17.6 Å². The molecular weight excluding hydrogens is 366 g/mol. The van der Waals surface area contributed by atoms with Gasteiger partial charge in [-0.3, -0.25) is 9.59 Å². The third kappa shape index (κ3) is 3.70. The lowest BCUT2D eigenvalue weighted by Gasteiger charge is -2.07. The van der Waals surface area contributed by atoms with Gasteiger partial charge in [0.1, 0.15) is 0 Å². The topological polar surface area (TPSA) is 88.4 Å². The summed E-state index contributed by atoms with van der Waals surface area (Å²) in [6.07, 6.45) is 1.76. The summed E-state index contributed by atoms with van der Waals surface area (Å²) in [5.41, 5.74) is 5.36. The van der Waals surface area contributed by atoms with E-state index in [1.807, 2.05) is 54.6 Å². The summed E-state index contributed by atoms with van der Waals surface area (Å²) in [6.45, 7) is 1.48. The molecular formula is C22H19N5O2. The maximum atomic E-state index is 11.9. The van der Waals surface area contributed by atoms with Crippen LogP contribution in [0.5, 0.6) is 0 Å². The zero-order valence-electron chi connectivity index (χ0n) is 16.0. The van der Waals surface area contributed by atoms with Crippen LogP contribution >= 0.6 is 0 Å². The zero-order valence-corrected chi connectivity index (χ0v) is 16.0. The summed E-state index contributed by atoms with van der Waals surface area (Å²) in [5, 5.41) is 10.1. The van der Waals surface area contributed by atoms with Crippen LogP contribution in [0.25, 0.3) is 28.2 Å². The minimum Gasteiger partial charge on any atom is -0.355 e. The molecule has 0 saturated carbocycles. The largest absolute Gasteiger partial charge is 0.355 e. The molecule has 0 saturated heterocycles. The number of amides is 2. The van der Waals surface area contributed by atoms with E-state index in [0.29, 0.717) is 5.56 Å². The molecule has 0 atom stereocenters. The van der Waals surface area contributed by atoms with Crippen molar-refractivity contribution >= 4 is 23.1 Å². The fraction of sp³-hybridized carbons (Fsp3) is 0.0909. The van der Waals surface area contributed by atoms with Crippen LogP contribution in [0.4, 0.5) is 5.69 Å². The zero-order chi connectivity index (χ0) is 20.4. The van der Waals surface area contributed by atoms with Gasteiger partial charge in [-0.05, 0) is 36.4 Å². The van der Waals surface area contributed by atoms with Crippen LogP contribution in [0.2, 0.25) is 0 Å². The van der Waals surface area contributed by atoms with Crippen molar-refractivity contribution in [1.29, 1.82) is 0 Å². The third-order valence-corrected chi connectivity index (χ3v) is 4.51. The van der Waals surface area contributed by atoms with E-state index in [9.17, 15) is 9.59 Å². The number of anilines is 1. The van der Waals surface area contributed by atoms with Gasteiger partial charge < -0.3 is 10.6 Å². The van der Waals surface area contributed by atoms with Gasteiger partial charge in [-0.1, -0.05) is 24.3 Å². The van der Waals surface area contributed by atoms with Crippen LogP contribution in [0, 0.1) is 0 Å². The summed E-state index contributed by atoms with van der Waals surface area (Å²) < 4.78 is 1.77. The van der Waals surface area contributed by atoms with Crippen LogP contribution < -0.4 is 10.6 Å². The summed E-state index contributed by atoms with van der Waals surface area (Å²) in [6, 6.07) is 18.6. The summed E-state index contributed by atoms with van der Waals surface area (Å²) in [7, 11) is 1.61. The van der Waals surface area contributed by atoms with Crippen molar-refractivity contribution in [1.82, 2.24) is 19.9 Å². The van der Waals surface area contributed by atoms with Crippen molar-refractivity contribution in [2.45, 2.75) is 6.92 Å². The van der Waals surface area contributed by atoms with Gasteiger partial charge in [0.25, 0.3) is 5.91 Å². The highest BCUT2D eigenvalue weighted by molar-refractivity contribution is 5.95. The molecule has 7 heteroatoms. The number of carbonyl (C=O) groups excluding carboxylic acids is 2. The predicted molar refractivity (Wildman–Crippen MR) is 112 cm³/mol. The molecule has 0 radical (unpaired) electrons. The Morgan fingerprint density at radius 3 is 2.48 bits per heavy atom. The van der Waals surface area contributed by atoms with Crippen molar-refractivity contribution in [2.24, 2.45) is 0 Å². The number of imidazole rings is 1. The Bertz CT molecular complexity index is 1210. The summed E-state index contributed by atoms with van der Waals surface area (Å²) >= 11 is 0. The van der Waals surface area contributed by atoms with Gasteiger partial charge in [0.2, 0.25) is 5.91 Å². The third-order valence-electron chi connectivity index (χ3n) is 4.51. The SMILES string of the molecule is CNC(=O)c1cccc(-c2ccc3ncc(-c4ccc(NC(C)=O)cc4)n3n2)c1. The number of nitrogens with zero attached hydrogens (tertiary/aromatic N) is 3. The lowest BCUT2D eigenvalue weighted by molar-refractivity contribution is -0.114. The molecule has 29 heavy (non-hydrogen) atoms. The van der Waals surface area contributed by atoms with Gasteiger partial charge in [-0.25, -0.2) is 9.50 Å². The quantitative estimate of drug-likeness (QED) is 0.564. The fourth-order valence-corrected chi connectivity index (χ4v) is 3.12. The van der Waals surface area contributed by atoms with Crippen LogP contribution in [0.15, 0.2) is 66.9 Å². The highest BCUT2D eigenvalue weighted by Gasteiger charge is 2.11. The number of fused-ring (bicyclic) bond motifs is 1. The lowest BCUT2D eigenvalue weighted by Crippen LogP contribution is -2.17. The molecule has 7 nitrogen and oxygen atoms in total. The molecule has 0 bridgehead atoms. The molecule has 144 valence electrons. The van der Waals surface area contributed by atoms with Gasteiger partial charge in [-0.15, -0.1) is 0 Å². The first-order valence-electron chi connectivity index (χ1n) is 9.10. The van der Waals surface area contributed by atoms with Crippen molar-refractivity contribution < 1.29 is 9.59 Å².